The summed E-state index contributed by atoms with van der Waals surface area (Å²) in [7, 11) is 2.17. The number of aryl methyl sites for hydroxylation is 1. The van der Waals surface area contributed by atoms with Gasteiger partial charge in [-0.2, -0.15) is 0 Å². The second-order valence-corrected chi connectivity index (χ2v) is 10.1. The van der Waals surface area contributed by atoms with Crippen molar-refractivity contribution in [2.45, 2.75) is 45.6 Å². The zero-order valence-corrected chi connectivity index (χ0v) is 21.1. The van der Waals surface area contributed by atoms with E-state index in [1.165, 1.54) is 0 Å². The van der Waals surface area contributed by atoms with Gasteiger partial charge >= 0.3 is 6.03 Å². The first kappa shape index (κ1) is 24.8. The molecular weight excluding hydrogens is 430 g/mol. The van der Waals surface area contributed by atoms with Gasteiger partial charge in [0.25, 0.3) is 0 Å². The first-order valence-electron chi connectivity index (χ1n) is 13.0. The van der Waals surface area contributed by atoms with Crippen molar-refractivity contribution in [3.05, 3.63) is 23.8 Å². The van der Waals surface area contributed by atoms with Gasteiger partial charge in [-0.05, 0) is 63.9 Å². The Bertz CT molecular complexity index is 847. The average Bonchev–Trinajstić information content (AvgIpc) is 2.86. The molecule has 0 saturated carbocycles. The van der Waals surface area contributed by atoms with Gasteiger partial charge in [-0.3, -0.25) is 9.69 Å². The number of likely N-dealkylation sites (tertiary alicyclic amines) is 1. The zero-order valence-electron chi connectivity index (χ0n) is 21.1. The summed E-state index contributed by atoms with van der Waals surface area (Å²) in [5.41, 5.74) is 1.97. The van der Waals surface area contributed by atoms with Crippen molar-refractivity contribution in [2.24, 2.45) is 5.92 Å². The summed E-state index contributed by atoms with van der Waals surface area (Å²) in [5.74, 6) is 0.919. The number of hydrogen-bond donors (Lipinski definition) is 1. The quantitative estimate of drug-likeness (QED) is 0.646. The van der Waals surface area contributed by atoms with Crippen molar-refractivity contribution in [3.63, 3.8) is 0 Å². The summed E-state index contributed by atoms with van der Waals surface area (Å²) in [4.78, 5) is 34.7. The highest BCUT2D eigenvalue weighted by molar-refractivity contribution is 5.94. The van der Waals surface area contributed by atoms with E-state index >= 15 is 0 Å². The van der Waals surface area contributed by atoms with Gasteiger partial charge in [-0.15, -0.1) is 0 Å². The maximum atomic E-state index is 13.4. The van der Waals surface area contributed by atoms with Crippen LogP contribution in [0.25, 0.3) is 0 Å². The molecule has 0 bridgehead atoms. The minimum absolute atomic E-state index is 0.00436. The summed E-state index contributed by atoms with van der Waals surface area (Å²) in [6.45, 7) is 12.2. The molecule has 0 aromatic heterocycles. The van der Waals surface area contributed by atoms with E-state index in [1.807, 2.05) is 34.9 Å². The van der Waals surface area contributed by atoms with Gasteiger partial charge in [-0.1, -0.05) is 13.0 Å². The Balaban J connectivity index is 1.23. The number of nitrogens with one attached hydrogen (secondary N) is 1. The first-order valence-corrected chi connectivity index (χ1v) is 13.0. The van der Waals surface area contributed by atoms with Crippen molar-refractivity contribution in [1.29, 1.82) is 0 Å². The molecule has 4 rings (SSSR count). The third-order valence-corrected chi connectivity index (χ3v) is 7.45. The van der Waals surface area contributed by atoms with E-state index < -0.39 is 0 Å². The lowest BCUT2D eigenvalue weighted by atomic mass is 9.96. The molecule has 2 saturated heterocycles. The van der Waals surface area contributed by atoms with Crippen molar-refractivity contribution in [3.8, 4) is 5.75 Å². The van der Waals surface area contributed by atoms with E-state index in [-0.39, 0.29) is 24.0 Å². The number of fused-ring (bicyclic) bond motifs is 1. The highest BCUT2D eigenvalue weighted by Crippen LogP contribution is 2.36. The number of piperazine rings is 1. The molecule has 34 heavy (non-hydrogen) atoms. The predicted molar refractivity (Wildman–Crippen MR) is 134 cm³/mol. The number of anilines is 1. The Kier molecular flexibility index (Phi) is 8.32. The molecule has 188 valence electrons. The maximum Gasteiger partial charge on any atom is 0.324 e. The number of likely N-dealkylation sites (N-methyl/N-ethyl adjacent to an activating group) is 1. The Hall–Kier alpha value is -2.32. The molecule has 0 spiro atoms. The largest absolute Gasteiger partial charge is 0.486 e. The number of rotatable bonds is 6. The molecule has 0 aliphatic carbocycles. The van der Waals surface area contributed by atoms with E-state index in [4.69, 9.17) is 4.74 Å². The van der Waals surface area contributed by atoms with E-state index in [2.05, 4.69) is 29.1 Å². The van der Waals surface area contributed by atoms with Gasteiger partial charge in [0.15, 0.2) is 0 Å². The number of amides is 3. The zero-order chi connectivity index (χ0) is 24.1. The summed E-state index contributed by atoms with van der Waals surface area (Å²) in [5, 5.41) is 3.13. The molecule has 1 atom stereocenters. The molecule has 3 heterocycles. The lowest BCUT2D eigenvalue weighted by molar-refractivity contribution is -0.126. The molecule has 0 unspecified atom stereocenters. The van der Waals surface area contributed by atoms with Crippen LogP contribution in [0.1, 0.15) is 38.2 Å². The van der Waals surface area contributed by atoms with Crippen LogP contribution in [0.3, 0.4) is 0 Å². The van der Waals surface area contributed by atoms with Crippen LogP contribution >= 0.6 is 0 Å². The van der Waals surface area contributed by atoms with Gasteiger partial charge in [-0.25, -0.2) is 4.79 Å². The third kappa shape index (κ3) is 6.02. The topological polar surface area (TPSA) is 68.4 Å². The van der Waals surface area contributed by atoms with Crippen molar-refractivity contribution in [1.82, 2.24) is 20.0 Å². The summed E-state index contributed by atoms with van der Waals surface area (Å²) < 4.78 is 6.07. The minimum atomic E-state index is -0.00436. The third-order valence-electron chi connectivity index (χ3n) is 7.45. The Morgan fingerprint density at radius 3 is 2.53 bits per heavy atom. The molecule has 1 aromatic carbocycles. The molecule has 3 aliphatic rings. The van der Waals surface area contributed by atoms with Gasteiger partial charge in [0.2, 0.25) is 5.91 Å². The van der Waals surface area contributed by atoms with E-state index in [0.717, 1.165) is 82.0 Å². The SMILES string of the molecule is CC[C@@H]1CN(C(=O)N2CCC(C(=O)NCCCN3CCN(C)CC3)CC2)c2cc(C)ccc2O1. The highest BCUT2D eigenvalue weighted by atomic mass is 16.5. The molecule has 3 amide bonds. The van der Waals surface area contributed by atoms with Crippen LogP contribution in [-0.4, -0.2) is 98.7 Å². The number of piperidine rings is 1. The van der Waals surface area contributed by atoms with Gasteiger partial charge in [0, 0.05) is 51.7 Å². The number of carbonyl (C=O) groups excluding carboxylic acids is 2. The van der Waals surface area contributed by atoms with Crippen molar-refractivity contribution < 1.29 is 14.3 Å². The molecule has 8 nitrogen and oxygen atoms in total. The molecule has 1 N–H and O–H groups in total. The monoisotopic (exact) mass is 471 g/mol. The Morgan fingerprint density at radius 2 is 1.82 bits per heavy atom. The number of ether oxygens (including phenoxy) is 1. The van der Waals surface area contributed by atoms with E-state index in [0.29, 0.717) is 19.6 Å². The fourth-order valence-electron chi connectivity index (χ4n) is 5.08. The van der Waals surface area contributed by atoms with Crippen LogP contribution in [0.15, 0.2) is 18.2 Å². The predicted octanol–water partition coefficient (Wildman–Crippen LogP) is 2.56. The average molecular weight is 472 g/mol. The summed E-state index contributed by atoms with van der Waals surface area (Å²) in [6.07, 6.45) is 3.29. The van der Waals surface area contributed by atoms with Crippen molar-refractivity contribution in [2.75, 3.05) is 70.9 Å². The summed E-state index contributed by atoms with van der Waals surface area (Å²) >= 11 is 0. The molecule has 0 radical (unpaired) electrons. The number of hydrogen-bond acceptors (Lipinski definition) is 5. The number of nitrogens with zero attached hydrogens (tertiary/aromatic N) is 4. The van der Waals surface area contributed by atoms with E-state index in [1.54, 1.807) is 0 Å². The molecular formula is C26H41N5O3. The smallest absolute Gasteiger partial charge is 0.324 e. The van der Waals surface area contributed by atoms with Gasteiger partial charge < -0.3 is 24.8 Å². The first-order chi connectivity index (χ1) is 16.4. The fourth-order valence-corrected chi connectivity index (χ4v) is 5.08. The number of carbonyl (C=O) groups is 2. The van der Waals surface area contributed by atoms with Crippen LogP contribution < -0.4 is 15.0 Å². The Labute approximate surface area is 204 Å². The van der Waals surface area contributed by atoms with Crippen LogP contribution in [0.4, 0.5) is 10.5 Å². The second-order valence-electron chi connectivity index (χ2n) is 10.1. The number of urea groups is 1. The Morgan fingerprint density at radius 1 is 1.09 bits per heavy atom. The highest BCUT2D eigenvalue weighted by Gasteiger charge is 2.34. The molecule has 8 heteroatoms. The normalized spacial score (nSPS) is 22.3. The standard InChI is InChI=1S/C26H41N5O3/c1-4-22-19-31(23-18-20(2)6-7-24(23)34-22)26(33)30-12-8-21(9-13-30)25(32)27-10-5-11-29-16-14-28(3)15-17-29/h6-7,18,21-22H,4-5,8-17,19H2,1-3H3,(H,27,32)/t22-/m1/s1. The summed E-state index contributed by atoms with van der Waals surface area (Å²) in [6, 6.07) is 6.04. The minimum Gasteiger partial charge on any atom is -0.486 e. The van der Waals surface area contributed by atoms with Crippen LogP contribution in [0, 0.1) is 12.8 Å². The van der Waals surface area contributed by atoms with Crippen LogP contribution in [-0.2, 0) is 4.79 Å². The van der Waals surface area contributed by atoms with Crippen LogP contribution in [0.2, 0.25) is 0 Å². The van der Waals surface area contributed by atoms with Gasteiger partial charge in [0.05, 0.1) is 12.2 Å². The molecule has 1 aromatic rings. The van der Waals surface area contributed by atoms with Crippen LogP contribution in [0.5, 0.6) is 5.75 Å². The fraction of sp³-hybridized carbons (Fsp3) is 0.692. The van der Waals surface area contributed by atoms with Gasteiger partial charge in [0.1, 0.15) is 11.9 Å². The maximum absolute atomic E-state index is 13.4. The molecule has 3 aliphatic heterocycles. The second kappa shape index (κ2) is 11.4. The number of benzene rings is 1. The lowest BCUT2D eigenvalue weighted by Crippen LogP contribution is -2.52. The molecule has 2 fully saturated rings. The van der Waals surface area contributed by atoms with E-state index in [9.17, 15) is 9.59 Å². The van der Waals surface area contributed by atoms with Crippen molar-refractivity contribution >= 4 is 17.6 Å². The lowest BCUT2D eigenvalue weighted by Gasteiger charge is -2.39.